The SMILES string of the molecule is CCCCSc1nnc(NC(=O)CSc2nnnn2C)s1. The van der Waals surface area contributed by atoms with E-state index >= 15 is 0 Å². The molecule has 1 amide bonds. The zero-order valence-corrected chi connectivity index (χ0v) is 14.1. The smallest absolute Gasteiger partial charge is 0.236 e. The van der Waals surface area contributed by atoms with Gasteiger partial charge in [-0.25, -0.2) is 4.68 Å². The number of carbonyl (C=O) groups excluding carboxylic acids is 1. The largest absolute Gasteiger partial charge is 0.300 e. The standard InChI is InChI=1S/C10H15N7OS3/c1-3-4-5-19-10-14-12-8(21-10)11-7(18)6-20-9-13-15-16-17(9)2/h3-6H2,1-2H3,(H,11,12,18). The van der Waals surface area contributed by atoms with Gasteiger partial charge in [-0.3, -0.25) is 10.1 Å². The van der Waals surface area contributed by atoms with Crippen molar-refractivity contribution in [3.05, 3.63) is 0 Å². The Balaban J connectivity index is 1.76. The van der Waals surface area contributed by atoms with E-state index in [9.17, 15) is 4.79 Å². The Morgan fingerprint density at radius 3 is 2.90 bits per heavy atom. The number of anilines is 1. The number of carbonyl (C=O) groups is 1. The van der Waals surface area contributed by atoms with Crippen LogP contribution in [0.1, 0.15) is 19.8 Å². The number of nitrogens with zero attached hydrogens (tertiary/aromatic N) is 6. The highest BCUT2D eigenvalue weighted by atomic mass is 32.2. The summed E-state index contributed by atoms with van der Waals surface area (Å²) in [4.78, 5) is 11.8. The molecule has 11 heteroatoms. The maximum atomic E-state index is 11.8. The summed E-state index contributed by atoms with van der Waals surface area (Å²) in [6, 6.07) is 0. The summed E-state index contributed by atoms with van der Waals surface area (Å²) < 4.78 is 2.40. The van der Waals surface area contributed by atoms with E-state index in [2.05, 4.69) is 38.0 Å². The number of hydrogen-bond donors (Lipinski definition) is 1. The number of unbranched alkanes of at least 4 members (excludes halogenated alkanes) is 1. The maximum absolute atomic E-state index is 11.8. The molecule has 0 saturated heterocycles. The van der Waals surface area contributed by atoms with E-state index in [1.54, 1.807) is 18.8 Å². The Labute approximate surface area is 134 Å². The molecular formula is C10H15N7OS3. The highest BCUT2D eigenvalue weighted by molar-refractivity contribution is 8.01. The second-order valence-electron chi connectivity index (χ2n) is 4.00. The monoisotopic (exact) mass is 345 g/mol. The van der Waals surface area contributed by atoms with E-state index in [4.69, 9.17) is 0 Å². The lowest BCUT2D eigenvalue weighted by molar-refractivity contribution is -0.113. The second kappa shape index (κ2) is 8.29. The van der Waals surface area contributed by atoms with Crippen molar-refractivity contribution in [2.45, 2.75) is 29.3 Å². The van der Waals surface area contributed by atoms with Crippen molar-refractivity contribution in [2.24, 2.45) is 7.05 Å². The van der Waals surface area contributed by atoms with Crippen LogP contribution in [-0.2, 0) is 11.8 Å². The Hall–Kier alpha value is -1.20. The van der Waals surface area contributed by atoms with Crippen molar-refractivity contribution in [3.8, 4) is 0 Å². The molecule has 0 aliphatic heterocycles. The summed E-state index contributed by atoms with van der Waals surface area (Å²) >= 11 is 4.33. The molecule has 21 heavy (non-hydrogen) atoms. The molecule has 2 aromatic heterocycles. The third-order valence-corrected chi connectivity index (χ3v) is 5.36. The van der Waals surface area contributed by atoms with Gasteiger partial charge in [0, 0.05) is 12.8 Å². The van der Waals surface area contributed by atoms with Crippen molar-refractivity contribution in [1.82, 2.24) is 30.4 Å². The Morgan fingerprint density at radius 2 is 2.19 bits per heavy atom. The molecule has 0 aliphatic carbocycles. The molecule has 0 bridgehead atoms. The van der Waals surface area contributed by atoms with Gasteiger partial charge in [-0.2, -0.15) is 0 Å². The minimum absolute atomic E-state index is 0.149. The van der Waals surface area contributed by atoms with Crippen LogP contribution in [0.5, 0.6) is 0 Å². The highest BCUT2D eigenvalue weighted by Gasteiger charge is 2.11. The lowest BCUT2D eigenvalue weighted by Crippen LogP contribution is -2.14. The first-order chi connectivity index (χ1) is 10.2. The molecule has 1 N–H and O–H groups in total. The lowest BCUT2D eigenvalue weighted by Gasteiger charge is -1.99. The van der Waals surface area contributed by atoms with Crippen LogP contribution in [0.15, 0.2) is 9.50 Å². The van der Waals surface area contributed by atoms with Crippen LogP contribution in [0, 0.1) is 0 Å². The van der Waals surface area contributed by atoms with Crippen molar-refractivity contribution >= 4 is 45.9 Å². The molecule has 0 spiro atoms. The van der Waals surface area contributed by atoms with E-state index in [0.717, 1.165) is 22.9 Å². The number of nitrogens with one attached hydrogen (secondary N) is 1. The molecule has 0 aromatic carbocycles. The van der Waals surface area contributed by atoms with Gasteiger partial charge in [-0.05, 0) is 16.8 Å². The minimum Gasteiger partial charge on any atom is -0.300 e. The number of rotatable bonds is 8. The van der Waals surface area contributed by atoms with Gasteiger partial charge in [0.05, 0.1) is 5.75 Å². The Morgan fingerprint density at radius 1 is 1.33 bits per heavy atom. The van der Waals surface area contributed by atoms with E-state index in [-0.39, 0.29) is 11.7 Å². The van der Waals surface area contributed by atoms with E-state index in [1.807, 2.05) is 0 Å². The van der Waals surface area contributed by atoms with Crippen LogP contribution in [0.4, 0.5) is 5.13 Å². The average molecular weight is 345 g/mol. The van der Waals surface area contributed by atoms with E-state index in [1.165, 1.54) is 27.8 Å². The van der Waals surface area contributed by atoms with Crippen molar-refractivity contribution in [2.75, 3.05) is 16.8 Å². The predicted molar refractivity (Wildman–Crippen MR) is 83.7 cm³/mol. The Bertz CT molecular complexity index is 585. The van der Waals surface area contributed by atoms with Crippen LogP contribution in [-0.4, -0.2) is 47.8 Å². The van der Waals surface area contributed by atoms with Gasteiger partial charge in [0.15, 0.2) is 4.34 Å². The predicted octanol–water partition coefficient (Wildman–Crippen LogP) is 1.68. The van der Waals surface area contributed by atoms with E-state index in [0.29, 0.717) is 10.3 Å². The van der Waals surface area contributed by atoms with Crippen molar-refractivity contribution < 1.29 is 4.79 Å². The minimum atomic E-state index is -0.149. The number of aromatic nitrogens is 6. The molecule has 2 rings (SSSR count). The summed E-state index contributed by atoms with van der Waals surface area (Å²) in [6.45, 7) is 2.15. The van der Waals surface area contributed by atoms with Crippen LogP contribution >= 0.6 is 34.9 Å². The van der Waals surface area contributed by atoms with Crippen LogP contribution in [0.25, 0.3) is 0 Å². The second-order valence-corrected chi connectivity index (χ2v) is 7.26. The van der Waals surface area contributed by atoms with Gasteiger partial charge in [0.25, 0.3) is 0 Å². The number of tetrazole rings is 1. The maximum Gasteiger partial charge on any atom is 0.236 e. The molecule has 0 saturated carbocycles. The molecule has 0 fully saturated rings. The Kier molecular flexibility index (Phi) is 6.39. The van der Waals surface area contributed by atoms with Gasteiger partial charge in [0.1, 0.15) is 0 Å². The molecule has 0 atom stereocenters. The highest BCUT2D eigenvalue weighted by Crippen LogP contribution is 2.26. The van der Waals surface area contributed by atoms with Gasteiger partial charge < -0.3 is 0 Å². The van der Waals surface area contributed by atoms with Crippen LogP contribution < -0.4 is 5.32 Å². The number of amides is 1. The fourth-order valence-corrected chi connectivity index (χ4v) is 3.82. The molecule has 114 valence electrons. The fraction of sp³-hybridized carbons (Fsp3) is 0.600. The molecular weight excluding hydrogens is 330 g/mol. The fourth-order valence-electron chi connectivity index (χ4n) is 1.25. The average Bonchev–Trinajstić information content (AvgIpc) is 3.06. The molecule has 8 nitrogen and oxygen atoms in total. The van der Waals surface area contributed by atoms with E-state index < -0.39 is 0 Å². The number of thioether (sulfide) groups is 2. The quantitative estimate of drug-likeness (QED) is 0.438. The summed E-state index contributed by atoms with van der Waals surface area (Å²) in [5, 5.41) is 22.8. The third kappa shape index (κ3) is 5.25. The molecule has 2 heterocycles. The first kappa shape index (κ1) is 16.2. The first-order valence-corrected chi connectivity index (χ1v) is 9.09. The van der Waals surface area contributed by atoms with Crippen LogP contribution in [0.2, 0.25) is 0 Å². The van der Waals surface area contributed by atoms with Crippen molar-refractivity contribution in [3.63, 3.8) is 0 Å². The van der Waals surface area contributed by atoms with Gasteiger partial charge in [-0.15, -0.1) is 15.3 Å². The van der Waals surface area contributed by atoms with Gasteiger partial charge in [0.2, 0.25) is 16.2 Å². The number of hydrogen-bond acceptors (Lipinski definition) is 9. The summed E-state index contributed by atoms with van der Waals surface area (Å²) in [7, 11) is 1.73. The summed E-state index contributed by atoms with van der Waals surface area (Å²) in [5.41, 5.74) is 0. The molecule has 0 unspecified atom stereocenters. The zero-order chi connectivity index (χ0) is 15.1. The van der Waals surface area contributed by atoms with Gasteiger partial charge in [-0.1, -0.05) is 48.2 Å². The lowest BCUT2D eigenvalue weighted by atomic mass is 10.4. The summed E-state index contributed by atoms with van der Waals surface area (Å²) in [5.74, 6) is 1.10. The number of aryl methyl sites for hydroxylation is 1. The van der Waals surface area contributed by atoms with Gasteiger partial charge >= 0.3 is 0 Å². The van der Waals surface area contributed by atoms with Crippen molar-refractivity contribution in [1.29, 1.82) is 0 Å². The molecule has 0 radical (unpaired) electrons. The zero-order valence-electron chi connectivity index (χ0n) is 11.6. The molecule has 0 aliphatic rings. The topological polar surface area (TPSA) is 98.5 Å². The normalized spacial score (nSPS) is 10.8. The summed E-state index contributed by atoms with van der Waals surface area (Å²) in [6.07, 6.45) is 2.30. The first-order valence-electron chi connectivity index (χ1n) is 6.30. The van der Waals surface area contributed by atoms with Crippen LogP contribution in [0.3, 0.4) is 0 Å². The molecule has 2 aromatic rings. The third-order valence-electron chi connectivity index (χ3n) is 2.29.